The van der Waals surface area contributed by atoms with Crippen LogP contribution in [0.15, 0.2) is 42.5 Å². The maximum Gasteiger partial charge on any atom is 0.262 e. The van der Waals surface area contributed by atoms with Crippen LogP contribution in [0.5, 0.6) is 5.75 Å². The average molecular weight is 340 g/mol. The van der Waals surface area contributed by atoms with E-state index in [1.54, 1.807) is 0 Å². The molecule has 2 aromatic rings. The van der Waals surface area contributed by atoms with E-state index in [1.165, 1.54) is 0 Å². The summed E-state index contributed by atoms with van der Waals surface area (Å²) in [7, 11) is 0. The molecule has 1 heterocycles. The molecule has 1 aliphatic heterocycles. The molecule has 0 radical (unpaired) electrons. The number of hydrogen-bond donors (Lipinski definition) is 1. The lowest BCUT2D eigenvalue weighted by atomic mass is 10.1. The maximum atomic E-state index is 12.3. The summed E-state index contributed by atoms with van der Waals surface area (Å²) in [6.45, 7) is 7.08. The number of ether oxygens (including phenoxy) is 2. The van der Waals surface area contributed by atoms with Gasteiger partial charge in [-0.05, 0) is 43.2 Å². The Bertz CT molecular complexity index is 739. The van der Waals surface area contributed by atoms with Gasteiger partial charge in [0.1, 0.15) is 5.75 Å². The van der Waals surface area contributed by atoms with Crippen molar-refractivity contribution in [1.82, 2.24) is 0 Å². The van der Waals surface area contributed by atoms with Crippen LogP contribution in [0.1, 0.15) is 11.1 Å². The van der Waals surface area contributed by atoms with E-state index in [0.717, 1.165) is 41.3 Å². The van der Waals surface area contributed by atoms with Crippen molar-refractivity contribution >= 4 is 17.3 Å². The minimum atomic E-state index is -0.165. The summed E-state index contributed by atoms with van der Waals surface area (Å²) in [6.07, 6.45) is 0. The first-order valence-electron chi connectivity index (χ1n) is 8.56. The number of para-hydroxylation sites is 2. The van der Waals surface area contributed by atoms with E-state index >= 15 is 0 Å². The van der Waals surface area contributed by atoms with Crippen LogP contribution >= 0.6 is 0 Å². The number of rotatable bonds is 5. The second-order valence-corrected chi connectivity index (χ2v) is 6.15. The lowest BCUT2D eigenvalue weighted by molar-refractivity contribution is -0.118. The van der Waals surface area contributed by atoms with Gasteiger partial charge in [-0.2, -0.15) is 0 Å². The standard InChI is InChI=1S/C20H24N2O3/c1-15-6-5-9-19(16(15)2)25-14-20(23)21-17-7-3-4-8-18(17)22-10-12-24-13-11-22/h3-9H,10-14H2,1-2H3,(H,21,23). The SMILES string of the molecule is Cc1cccc(OCC(=O)Nc2ccccc2N2CCOCC2)c1C. The van der Waals surface area contributed by atoms with Crippen molar-refractivity contribution in [3.05, 3.63) is 53.6 Å². The van der Waals surface area contributed by atoms with Crippen molar-refractivity contribution in [1.29, 1.82) is 0 Å². The fraction of sp³-hybridized carbons (Fsp3) is 0.350. The molecule has 0 aliphatic carbocycles. The van der Waals surface area contributed by atoms with Gasteiger partial charge in [0.05, 0.1) is 24.6 Å². The number of anilines is 2. The Kier molecular flexibility index (Phi) is 5.56. The van der Waals surface area contributed by atoms with Crippen molar-refractivity contribution in [2.24, 2.45) is 0 Å². The van der Waals surface area contributed by atoms with Gasteiger partial charge in [0.15, 0.2) is 6.61 Å². The summed E-state index contributed by atoms with van der Waals surface area (Å²) in [5.74, 6) is 0.582. The number of amides is 1. The molecule has 0 unspecified atom stereocenters. The van der Waals surface area contributed by atoms with Gasteiger partial charge in [-0.3, -0.25) is 4.79 Å². The summed E-state index contributed by atoms with van der Waals surface area (Å²) in [5, 5.41) is 2.97. The molecule has 5 heteroatoms. The molecule has 3 rings (SSSR count). The third-order valence-electron chi connectivity index (χ3n) is 4.44. The number of hydrogen-bond acceptors (Lipinski definition) is 4. The molecule has 1 saturated heterocycles. The van der Waals surface area contributed by atoms with Crippen molar-refractivity contribution < 1.29 is 14.3 Å². The average Bonchev–Trinajstić information content (AvgIpc) is 2.64. The Morgan fingerprint density at radius 2 is 1.88 bits per heavy atom. The van der Waals surface area contributed by atoms with E-state index in [1.807, 2.05) is 56.3 Å². The number of nitrogens with one attached hydrogen (secondary N) is 1. The smallest absolute Gasteiger partial charge is 0.262 e. The molecule has 1 fully saturated rings. The quantitative estimate of drug-likeness (QED) is 0.908. The molecular weight excluding hydrogens is 316 g/mol. The van der Waals surface area contributed by atoms with Crippen molar-refractivity contribution in [3.8, 4) is 5.75 Å². The minimum absolute atomic E-state index is 0.0122. The zero-order chi connectivity index (χ0) is 17.6. The summed E-state index contributed by atoms with van der Waals surface area (Å²) >= 11 is 0. The molecule has 25 heavy (non-hydrogen) atoms. The molecule has 0 spiro atoms. The predicted octanol–water partition coefficient (Wildman–Crippen LogP) is 3.16. The fourth-order valence-electron chi connectivity index (χ4n) is 2.87. The third-order valence-corrected chi connectivity index (χ3v) is 4.44. The molecule has 1 amide bonds. The van der Waals surface area contributed by atoms with Gasteiger partial charge in [0, 0.05) is 13.1 Å². The highest BCUT2D eigenvalue weighted by Gasteiger charge is 2.16. The number of aryl methyl sites for hydroxylation is 1. The molecule has 0 bridgehead atoms. The summed E-state index contributed by atoms with van der Waals surface area (Å²) in [4.78, 5) is 14.6. The van der Waals surface area contributed by atoms with Gasteiger partial charge < -0.3 is 19.7 Å². The number of carbonyl (C=O) groups is 1. The molecule has 5 nitrogen and oxygen atoms in total. The van der Waals surface area contributed by atoms with Crippen LogP contribution in [-0.4, -0.2) is 38.8 Å². The molecule has 132 valence electrons. The number of nitrogens with zero attached hydrogens (tertiary/aromatic N) is 1. The summed E-state index contributed by atoms with van der Waals surface area (Å²) in [6, 6.07) is 13.7. The van der Waals surface area contributed by atoms with Gasteiger partial charge in [0.25, 0.3) is 5.91 Å². The highest BCUT2D eigenvalue weighted by molar-refractivity contribution is 5.95. The van der Waals surface area contributed by atoms with E-state index in [9.17, 15) is 4.79 Å². The van der Waals surface area contributed by atoms with Gasteiger partial charge in [-0.25, -0.2) is 0 Å². The topological polar surface area (TPSA) is 50.8 Å². The van der Waals surface area contributed by atoms with Crippen molar-refractivity contribution in [2.75, 3.05) is 43.1 Å². The lowest BCUT2D eigenvalue weighted by Crippen LogP contribution is -2.37. The summed E-state index contributed by atoms with van der Waals surface area (Å²) < 4.78 is 11.1. The Labute approximate surface area is 148 Å². The van der Waals surface area contributed by atoms with E-state index in [2.05, 4.69) is 10.2 Å². The summed E-state index contributed by atoms with van der Waals surface area (Å²) in [5.41, 5.74) is 4.03. The third kappa shape index (κ3) is 4.31. The van der Waals surface area contributed by atoms with Gasteiger partial charge in [-0.15, -0.1) is 0 Å². The maximum absolute atomic E-state index is 12.3. The molecular formula is C20H24N2O3. The Balaban J connectivity index is 1.64. The van der Waals surface area contributed by atoms with E-state index in [-0.39, 0.29) is 12.5 Å². The molecule has 0 aromatic heterocycles. The number of carbonyl (C=O) groups excluding carboxylic acids is 1. The zero-order valence-corrected chi connectivity index (χ0v) is 14.7. The first-order chi connectivity index (χ1) is 12.1. The molecule has 1 aliphatic rings. The van der Waals surface area contributed by atoms with E-state index < -0.39 is 0 Å². The second kappa shape index (κ2) is 8.03. The monoisotopic (exact) mass is 340 g/mol. The largest absolute Gasteiger partial charge is 0.483 e. The van der Waals surface area contributed by atoms with Crippen molar-refractivity contribution in [3.63, 3.8) is 0 Å². The van der Waals surface area contributed by atoms with Crippen LogP contribution in [-0.2, 0) is 9.53 Å². The van der Waals surface area contributed by atoms with Crippen LogP contribution in [0.25, 0.3) is 0 Å². The fourth-order valence-corrected chi connectivity index (χ4v) is 2.87. The van der Waals surface area contributed by atoms with Crippen LogP contribution in [0, 0.1) is 13.8 Å². The lowest BCUT2D eigenvalue weighted by Gasteiger charge is -2.30. The molecule has 0 atom stereocenters. The molecule has 2 aromatic carbocycles. The van der Waals surface area contributed by atoms with Crippen LogP contribution < -0.4 is 15.0 Å². The van der Waals surface area contributed by atoms with Gasteiger partial charge >= 0.3 is 0 Å². The Morgan fingerprint density at radius 3 is 2.68 bits per heavy atom. The van der Waals surface area contributed by atoms with Gasteiger partial charge in [-0.1, -0.05) is 24.3 Å². The minimum Gasteiger partial charge on any atom is -0.483 e. The first kappa shape index (κ1) is 17.3. The highest BCUT2D eigenvalue weighted by Crippen LogP contribution is 2.26. The van der Waals surface area contributed by atoms with Gasteiger partial charge in [0.2, 0.25) is 0 Å². The molecule has 0 saturated carbocycles. The highest BCUT2D eigenvalue weighted by atomic mass is 16.5. The molecule has 1 N–H and O–H groups in total. The van der Waals surface area contributed by atoms with E-state index in [0.29, 0.717) is 13.2 Å². The number of benzene rings is 2. The number of morpholine rings is 1. The second-order valence-electron chi connectivity index (χ2n) is 6.15. The van der Waals surface area contributed by atoms with Crippen molar-refractivity contribution in [2.45, 2.75) is 13.8 Å². The Morgan fingerprint density at radius 1 is 1.12 bits per heavy atom. The Hall–Kier alpha value is -2.53. The predicted molar refractivity (Wildman–Crippen MR) is 99.5 cm³/mol. The van der Waals surface area contributed by atoms with Crippen LogP contribution in [0.4, 0.5) is 11.4 Å². The first-order valence-corrected chi connectivity index (χ1v) is 8.56. The van der Waals surface area contributed by atoms with E-state index in [4.69, 9.17) is 9.47 Å². The zero-order valence-electron chi connectivity index (χ0n) is 14.7. The van der Waals surface area contributed by atoms with Crippen LogP contribution in [0.2, 0.25) is 0 Å². The normalized spacial score (nSPS) is 14.2. The van der Waals surface area contributed by atoms with Crippen LogP contribution in [0.3, 0.4) is 0 Å².